The molecule has 0 aliphatic heterocycles. The van der Waals surface area contributed by atoms with E-state index in [1.807, 2.05) is 0 Å². The molecule has 0 atom stereocenters. The van der Waals surface area contributed by atoms with Crippen molar-refractivity contribution in [1.29, 1.82) is 0 Å². The van der Waals surface area contributed by atoms with Crippen LogP contribution in [0.15, 0.2) is 22.7 Å². The number of halogens is 2. The summed E-state index contributed by atoms with van der Waals surface area (Å²) in [7, 11) is 0. The number of benzene rings is 1. The van der Waals surface area contributed by atoms with Gasteiger partial charge in [0.2, 0.25) is 0 Å². The first-order valence-electron chi connectivity index (χ1n) is 5.83. The number of hydrogen-bond acceptors (Lipinski definition) is 2. The minimum absolute atomic E-state index is 0.188. The van der Waals surface area contributed by atoms with Crippen LogP contribution in [-0.4, -0.2) is 29.2 Å². The number of hydrogen-bond donors (Lipinski definition) is 1. The normalized spacial score (nSPS) is 11.5. The average molecular weight is 304 g/mol. The van der Waals surface area contributed by atoms with Crippen molar-refractivity contribution in [3.63, 3.8) is 0 Å². The molecule has 0 radical (unpaired) electrons. The predicted octanol–water partition coefficient (Wildman–Crippen LogP) is 3.18. The lowest BCUT2D eigenvalue weighted by Gasteiger charge is -2.26. The summed E-state index contributed by atoms with van der Waals surface area (Å²) in [6.07, 6.45) is 0.741. The van der Waals surface area contributed by atoms with E-state index in [9.17, 15) is 4.39 Å². The van der Waals surface area contributed by atoms with Gasteiger partial charge in [-0.25, -0.2) is 4.39 Å². The van der Waals surface area contributed by atoms with Gasteiger partial charge in [0.25, 0.3) is 0 Å². The van der Waals surface area contributed by atoms with Crippen LogP contribution in [0.3, 0.4) is 0 Å². The number of aliphatic hydroxyl groups excluding tert-OH is 1. The van der Waals surface area contributed by atoms with E-state index in [0.717, 1.165) is 23.0 Å². The number of nitrogens with zero attached hydrogens (tertiary/aromatic N) is 1. The van der Waals surface area contributed by atoms with Gasteiger partial charge < -0.3 is 5.11 Å². The van der Waals surface area contributed by atoms with Gasteiger partial charge in [0.1, 0.15) is 5.82 Å². The second-order valence-corrected chi connectivity index (χ2v) is 5.23. The van der Waals surface area contributed by atoms with Crippen LogP contribution in [-0.2, 0) is 6.54 Å². The molecule has 0 aromatic heterocycles. The molecule has 1 aromatic rings. The Morgan fingerprint density at radius 1 is 1.41 bits per heavy atom. The monoisotopic (exact) mass is 303 g/mol. The molecule has 0 bridgehead atoms. The summed E-state index contributed by atoms with van der Waals surface area (Å²) in [5.41, 5.74) is 0.941. The Bertz CT molecular complexity index is 357. The van der Waals surface area contributed by atoms with E-state index in [-0.39, 0.29) is 12.4 Å². The molecule has 0 aliphatic rings. The van der Waals surface area contributed by atoms with E-state index in [0.29, 0.717) is 12.6 Å². The topological polar surface area (TPSA) is 23.5 Å². The molecule has 0 heterocycles. The highest BCUT2D eigenvalue weighted by molar-refractivity contribution is 9.10. The van der Waals surface area contributed by atoms with Crippen LogP contribution in [0.25, 0.3) is 0 Å². The average Bonchev–Trinajstić information content (AvgIpc) is 2.28. The second-order valence-electron chi connectivity index (χ2n) is 4.38. The van der Waals surface area contributed by atoms with E-state index in [2.05, 4.69) is 34.7 Å². The van der Waals surface area contributed by atoms with Crippen molar-refractivity contribution < 1.29 is 9.50 Å². The molecule has 4 heteroatoms. The third kappa shape index (κ3) is 4.74. The maximum atomic E-state index is 13.2. The van der Waals surface area contributed by atoms with Crippen LogP contribution in [0.5, 0.6) is 0 Å². The van der Waals surface area contributed by atoms with Crippen molar-refractivity contribution in [2.75, 3.05) is 13.2 Å². The molecule has 0 saturated carbocycles. The molecule has 1 rings (SSSR count). The van der Waals surface area contributed by atoms with Gasteiger partial charge in [-0.1, -0.05) is 15.9 Å². The van der Waals surface area contributed by atoms with Crippen LogP contribution < -0.4 is 0 Å². The highest BCUT2D eigenvalue weighted by atomic mass is 79.9. The summed E-state index contributed by atoms with van der Waals surface area (Å²) in [4.78, 5) is 2.22. The zero-order chi connectivity index (χ0) is 12.8. The zero-order valence-electron chi connectivity index (χ0n) is 10.3. The highest BCUT2D eigenvalue weighted by Crippen LogP contribution is 2.20. The number of rotatable bonds is 6. The first-order chi connectivity index (χ1) is 8.04. The zero-order valence-corrected chi connectivity index (χ0v) is 11.9. The van der Waals surface area contributed by atoms with Gasteiger partial charge in [-0.05, 0) is 44.0 Å². The Kier molecular flexibility index (Phi) is 6.09. The summed E-state index contributed by atoms with van der Waals surface area (Å²) in [5.74, 6) is -0.214. The third-order valence-corrected chi connectivity index (χ3v) is 3.49. The Morgan fingerprint density at radius 2 is 2.12 bits per heavy atom. The maximum Gasteiger partial charge on any atom is 0.123 e. The molecular formula is C13H19BrFNO. The summed E-state index contributed by atoms with van der Waals surface area (Å²) in [5, 5.41) is 8.87. The van der Waals surface area contributed by atoms with Crippen molar-refractivity contribution in [1.82, 2.24) is 4.90 Å². The predicted molar refractivity (Wildman–Crippen MR) is 71.3 cm³/mol. The van der Waals surface area contributed by atoms with Crippen molar-refractivity contribution in [3.8, 4) is 0 Å². The SMILES string of the molecule is CC(C)N(CCCO)Cc1cc(F)ccc1Br. The van der Waals surface area contributed by atoms with Gasteiger partial charge in [-0.15, -0.1) is 0 Å². The lowest BCUT2D eigenvalue weighted by Crippen LogP contribution is -2.31. The minimum Gasteiger partial charge on any atom is -0.396 e. The molecule has 2 nitrogen and oxygen atoms in total. The molecule has 1 aromatic carbocycles. The number of aliphatic hydroxyl groups is 1. The minimum atomic E-state index is -0.214. The Hall–Kier alpha value is -0.450. The Labute approximate surface area is 111 Å². The summed E-state index contributed by atoms with van der Waals surface area (Å²) in [6.45, 7) is 5.90. The van der Waals surface area contributed by atoms with Crippen LogP contribution in [0.2, 0.25) is 0 Å². The van der Waals surface area contributed by atoms with Crippen molar-refractivity contribution in [3.05, 3.63) is 34.1 Å². The van der Waals surface area contributed by atoms with Gasteiger partial charge in [-0.3, -0.25) is 4.90 Å². The summed E-state index contributed by atoms with van der Waals surface area (Å²) >= 11 is 3.43. The van der Waals surface area contributed by atoms with Gasteiger partial charge in [0.15, 0.2) is 0 Å². The second kappa shape index (κ2) is 7.09. The van der Waals surface area contributed by atoms with Gasteiger partial charge in [0, 0.05) is 30.2 Å². The van der Waals surface area contributed by atoms with E-state index < -0.39 is 0 Å². The molecule has 0 fully saturated rings. The first kappa shape index (κ1) is 14.6. The molecule has 0 aliphatic carbocycles. The Morgan fingerprint density at radius 3 is 2.71 bits per heavy atom. The van der Waals surface area contributed by atoms with E-state index in [1.54, 1.807) is 12.1 Å². The molecular weight excluding hydrogens is 285 g/mol. The fraction of sp³-hybridized carbons (Fsp3) is 0.538. The largest absolute Gasteiger partial charge is 0.396 e. The molecule has 1 N–H and O–H groups in total. The summed E-state index contributed by atoms with van der Waals surface area (Å²) in [6, 6.07) is 5.10. The van der Waals surface area contributed by atoms with Gasteiger partial charge in [-0.2, -0.15) is 0 Å². The van der Waals surface area contributed by atoms with Crippen molar-refractivity contribution >= 4 is 15.9 Å². The first-order valence-corrected chi connectivity index (χ1v) is 6.62. The quantitative estimate of drug-likeness (QED) is 0.872. The highest BCUT2D eigenvalue weighted by Gasteiger charge is 2.12. The summed E-state index contributed by atoms with van der Waals surface area (Å²) < 4.78 is 14.1. The van der Waals surface area contributed by atoms with Gasteiger partial charge in [0.05, 0.1) is 0 Å². The van der Waals surface area contributed by atoms with Crippen molar-refractivity contribution in [2.45, 2.75) is 32.9 Å². The van der Waals surface area contributed by atoms with Crippen molar-refractivity contribution in [2.24, 2.45) is 0 Å². The van der Waals surface area contributed by atoms with Crippen LogP contribution in [0, 0.1) is 5.82 Å². The Balaban J connectivity index is 2.74. The van der Waals surface area contributed by atoms with E-state index >= 15 is 0 Å². The standard InChI is InChI=1S/C13H19BrFNO/c1-10(2)16(6-3-7-17)9-11-8-12(15)4-5-13(11)14/h4-5,8,10,17H,3,6-7,9H2,1-2H3. The van der Waals surface area contributed by atoms with E-state index in [1.165, 1.54) is 6.07 Å². The van der Waals surface area contributed by atoms with Crippen LogP contribution in [0.1, 0.15) is 25.8 Å². The molecule has 0 amide bonds. The third-order valence-electron chi connectivity index (χ3n) is 2.71. The van der Waals surface area contributed by atoms with Crippen LogP contribution in [0.4, 0.5) is 4.39 Å². The fourth-order valence-electron chi connectivity index (χ4n) is 1.68. The van der Waals surface area contributed by atoms with Gasteiger partial charge >= 0.3 is 0 Å². The molecule has 17 heavy (non-hydrogen) atoms. The lowest BCUT2D eigenvalue weighted by molar-refractivity contribution is 0.184. The lowest BCUT2D eigenvalue weighted by atomic mass is 10.1. The maximum absolute atomic E-state index is 13.2. The molecule has 0 spiro atoms. The van der Waals surface area contributed by atoms with Crippen LogP contribution >= 0.6 is 15.9 Å². The molecule has 96 valence electrons. The molecule has 0 unspecified atom stereocenters. The molecule has 0 saturated heterocycles. The smallest absolute Gasteiger partial charge is 0.123 e. The van der Waals surface area contributed by atoms with E-state index in [4.69, 9.17) is 5.11 Å². The fourth-order valence-corrected chi connectivity index (χ4v) is 2.05.